The molecule has 3 N–H and O–H groups in total. The van der Waals surface area contributed by atoms with Gasteiger partial charge in [-0.05, 0) is 24.6 Å². The molecule has 0 aliphatic carbocycles. The van der Waals surface area contributed by atoms with Crippen LogP contribution in [-0.2, 0) is 6.54 Å². The Kier molecular flexibility index (Phi) is 6.31. The summed E-state index contributed by atoms with van der Waals surface area (Å²) in [5.74, 6) is 0.321. The first-order chi connectivity index (χ1) is 14.4. The standard InChI is InChI=1S/C21H24N6O3/c1-4-26(2)20(28)17-11-18(15-7-5-14(6-8-15)12-24-21(22)29)27(25-17)16-9-10-19(30-3)23-13-16/h5-11,13H,4,12H2,1-3H3,(H3,22,24,29). The van der Waals surface area contributed by atoms with Crippen molar-refractivity contribution in [2.45, 2.75) is 13.5 Å². The minimum Gasteiger partial charge on any atom is -0.481 e. The summed E-state index contributed by atoms with van der Waals surface area (Å²) >= 11 is 0. The second-order valence-electron chi connectivity index (χ2n) is 6.62. The summed E-state index contributed by atoms with van der Waals surface area (Å²) in [5, 5.41) is 7.09. The van der Waals surface area contributed by atoms with Crippen LogP contribution in [0, 0.1) is 0 Å². The van der Waals surface area contributed by atoms with E-state index in [1.807, 2.05) is 37.3 Å². The Hall–Kier alpha value is -3.88. The number of ether oxygens (including phenoxy) is 1. The Balaban J connectivity index is 2.01. The van der Waals surface area contributed by atoms with Gasteiger partial charge < -0.3 is 20.7 Å². The molecule has 0 fully saturated rings. The van der Waals surface area contributed by atoms with Gasteiger partial charge >= 0.3 is 6.03 Å². The highest BCUT2D eigenvalue weighted by Gasteiger charge is 2.19. The maximum atomic E-state index is 12.7. The molecule has 1 aromatic carbocycles. The lowest BCUT2D eigenvalue weighted by molar-refractivity contribution is 0.0796. The van der Waals surface area contributed by atoms with Crippen LogP contribution in [0.4, 0.5) is 4.79 Å². The van der Waals surface area contributed by atoms with Gasteiger partial charge in [0.15, 0.2) is 5.69 Å². The van der Waals surface area contributed by atoms with Crippen molar-refractivity contribution in [2.75, 3.05) is 20.7 Å². The largest absolute Gasteiger partial charge is 0.481 e. The van der Waals surface area contributed by atoms with Crippen LogP contribution in [-0.4, -0.2) is 52.3 Å². The summed E-state index contributed by atoms with van der Waals surface area (Å²) < 4.78 is 6.80. The lowest BCUT2D eigenvalue weighted by atomic mass is 10.1. The van der Waals surface area contributed by atoms with Gasteiger partial charge in [-0.25, -0.2) is 14.5 Å². The van der Waals surface area contributed by atoms with E-state index in [1.54, 1.807) is 42.1 Å². The van der Waals surface area contributed by atoms with E-state index >= 15 is 0 Å². The normalized spacial score (nSPS) is 10.5. The monoisotopic (exact) mass is 408 g/mol. The van der Waals surface area contributed by atoms with Crippen molar-refractivity contribution >= 4 is 11.9 Å². The fourth-order valence-electron chi connectivity index (χ4n) is 2.83. The van der Waals surface area contributed by atoms with Gasteiger partial charge in [0.1, 0.15) is 0 Å². The summed E-state index contributed by atoms with van der Waals surface area (Å²) in [6.07, 6.45) is 1.64. The maximum Gasteiger partial charge on any atom is 0.312 e. The van der Waals surface area contributed by atoms with E-state index in [0.29, 0.717) is 30.4 Å². The number of carbonyl (C=O) groups excluding carboxylic acids is 2. The second-order valence-corrected chi connectivity index (χ2v) is 6.62. The van der Waals surface area contributed by atoms with Crippen LogP contribution in [0.25, 0.3) is 16.9 Å². The van der Waals surface area contributed by atoms with Crippen molar-refractivity contribution in [3.63, 3.8) is 0 Å². The highest BCUT2D eigenvalue weighted by Crippen LogP contribution is 2.25. The zero-order valence-corrected chi connectivity index (χ0v) is 17.1. The van der Waals surface area contributed by atoms with Gasteiger partial charge in [-0.2, -0.15) is 5.10 Å². The minimum absolute atomic E-state index is 0.166. The molecule has 3 rings (SSSR count). The number of methoxy groups -OCH3 is 1. The molecule has 2 aromatic heterocycles. The first kappa shape index (κ1) is 20.8. The lowest BCUT2D eigenvalue weighted by Crippen LogP contribution is -2.28. The van der Waals surface area contributed by atoms with E-state index in [0.717, 1.165) is 16.8 Å². The van der Waals surface area contributed by atoms with E-state index < -0.39 is 6.03 Å². The number of pyridine rings is 1. The van der Waals surface area contributed by atoms with Crippen molar-refractivity contribution in [2.24, 2.45) is 5.73 Å². The number of nitrogens with two attached hydrogens (primary N) is 1. The number of nitrogens with zero attached hydrogens (tertiary/aromatic N) is 4. The van der Waals surface area contributed by atoms with Crippen LogP contribution in [0.2, 0.25) is 0 Å². The molecule has 30 heavy (non-hydrogen) atoms. The molecule has 0 radical (unpaired) electrons. The number of aromatic nitrogens is 3. The molecule has 0 aliphatic rings. The Bertz CT molecular complexity index is 1030. The van der Waals surface area contributed by atoms with E-state index in [2.05, 4.69) is 15.4 Å². The Morgan fingerprint density at radius 3 is 2.50 bits per heavy atom. The van der Waals surface area contributed by atoms with Crippen LogP contribution >= 0.6 is 0 Å². The summed E-state index contributed by atoms with van der Waals surface area (Å²) in [4.78, 5) is 29.4. The molecule has 0 saturated carbocycles. The van der Waals surface area contributed by atoms with Gasteiger partial charge in [0, 0.05) is 31.8 Å². The zero-order chi connectivity index (χ0) is 21.7. The number of hydrogen-bond acceptors (Lipinski definition) is 5. The Morgan fingerprint density at radius 1 is 1.20 bits per heavy atom. The van der Waals surface area contributed by atoms with Gasteiger partial charge in [-0.1, -0.05) is 24.3 Å². The molecule has 0 spiro atoms. The summed E-state index contributed by atoms with van der Waals surface area (Å²) in [6.45, 7) is 2.82. The minimum atomic E-state index is -0.577. The summed E-state index contributed by atoms with van der Waals surface area (Å²) in [7, 11) is 3.28. The molecule has 0 saturated heterocycles. The third-order valence-corrected chi connectivity index (χ3v) is 4.64. The first-order valence-electron chi connectivity index (χ1n) is 9.41. The molecular weight excluding hydrogens is 384 g/mol. The topological polar surface area (TPSA) is 115 Å². The Morgan fingerprint density at radius 2 is 1.93 bits per heavy atom. The lowest BCUT2D eigenvalue weighted by Gasteiger charge is -2.11. The van der Waals surface area contributed by atoms with Crippen molar-refractivity contribution in [3.8, 4) is 22.8 Å². The molecule has 0 unspecified atom stereocenters. The summed E-state index contributed by atoms with van der Waals surface area (Å²) in [6, 6.07) is 12.3. The smallest absolute Gasteiger partial charge is 0.312 e. The van der Waals surface area contributed by atoms with Crippen LogP contribution in [0.1, 0.15) is 23.0 Å². The van der Waals surface area contributed by atoms with Crippen LogP contribution in [0.15, 0.2) is 48.7 Å². The fourth-order valence-corrected chi connectivity index (χ4v) is 2.83. The first-order valence-corrected chi connectivity index (χ1v) is 9.41. The molecule has 0 bridgehead atoms. The van der Waals surface area contributed by atoms with Gasteiger partial charge in [0.25, 0.3) is 5.91 Å². The number of nitrogens with one attached hydrogen (secondary N) is 1. The SMILES string of the molecule is CCN(C)C(=O)c1cc(-c2ccc(CNC(N)=O)cc2)n(-c2ccc(OC)nc2)n1. The Labute approximate surface area is 174 Å². The van der Waals surface area contributed by atoms with Gasteiger partial charge in [-0.3, -0.25) is 4.79 Å². The van der Waals surface area contributed by atoms with Crippen molar-refractivity contribution < 1.29 is 14.3 Å². The number of urea groups is 1. The third-order valence-electron chi connectivity index (χ3n) is 4.64. The fraction of sp³-hybridized carbons (Fsp3) is 0.238. The number of hydrogen-bond donors (Lipinski definition) is 2. The van der Waals surface area contributed by atoms with Crippen LogP contribution in [0.5, 0.6) is 5.88 Å². The highest BCUT2D eigenvalue weighted by atomic mass is 16.5. The van der Waals surface area contributed by atoms with Crippen molar-refractivity contribution in [1.29, 1.82) is 0 Å². The molecule has 3 aromatic rings. The van der Waals surface area contributed by atoms with E-state index in [9.17, 15) is 9.59 Å². The predicted molar refractivity (Wildman–Crippen MR) is 112 cm³/mol. The molecule has 9 nitrogen and oxygen atoms in total. The van der Waals surface area contributed by atoms with Crippen LogP contribution in [0.3, 0.4) is 0 Å². The number of amides is 3. The molecular formula is C21H24N6O3. The third kappa shape index (κ3) is 4.57. The highest BCUT2D eigenvalue weighted by molar-refractivity contribution is 5.93. The average Bonchev–Trinajstić information content (AvgIpc) is 3.22. The number of carbonyl (C=O) groups is 2. The van der Waals surface area contributed by atoms with Gasteiger partial charge in [0.2, 0.25) is 5.88 Å². The van der Waals surface area contributed by atoms with Gasteiger partial charge in [-0.15, -0.1) is 0 Å². The quantitative estimate of drug-likeness (QED) is 0.622. The molecule has 9 heteroatoms. The summed E-state index contributed by atoms with van der Waals surface area (Å²) in [5.41, 5.74) is 8.66. The number of benzene rings is 1. The van der Waals surface area contributed by atoms with E-state index in [4.69, 9.17) is 10.5 Å². The maximum absolute atomic E-state index is 12.7. The molecule has 3 amide bonds. The average molecular weight is 408 g/mol. The van der Waals surface area contributed by atoms with E-state index in [1.165, 1.54) is 0 Å². The van der Waals surface area contributed by atoms with Crippen LogP contribution < -0.4 is 15.8 Å². The molecule has 156 valence electrons. The zero-order valence-electron chi connectivity index (χ0n) is 17.1. The number of rotatable bonds is 7. The predicted octanol–water partition coefficient (Wildman–Crippen LogP) is 2.20. The molecule has 0 atom stereocenters. The van der Waals surface area contributed by atoms with Crippen molar-refractivity contribution in [1.82, 2.24) is 25.0 Å². The molecule has 0 aliphatic heterocycles. The second kappa shape index (κ2) is 9.08. The van der Waals surface area contributed by atoms with Crippen molar-refractivity contribution in [3.05, 3.63) is 59.9 Å². The molecule has 2 heterocycles. The van der Waals surface area contributed by atoms with E-state index in [-0.39, 0.29) is 5.91 Å². The van der Waals surface area contributed by atoms with Gasteiger partial charge in [0.05, 0.1) is 24.7 Å². The number of primary amides is 1.